The number of sulfonamides is 1. The van der Waals surface area contributed by atoms with Crippen LogP contribution in [-0.4, -0.2) is 55.2 Å². The summed E-state index contributed by atoms with van der Waals surface area (Å²) in [5.41, 5.74) is 2.76. The van der Waals surface area contributed by atoms with Crippen molar-refractivity contribution in [1.82, 2.24) is 14.7 Å². The first-order valence-electron chi connectivity index (χ1n) is 12.1. The average Bonchev–Trinajstić information content (AvgIpc) is 3.18. The van der Waals surface area contributed by atoms with Gasteiger partial charge in [-0.2, -0.15) is 5.10 Å². The minimum atomic E-state index is -3.73. The van der Waals surface area contributed by atoms with Crippen molar-refractivity contribution in [2.75, 3.05) is 31.1 Å². The maximum absolute atomic E-state index is 13.0. The van der Waals surface area contributed by atoms with E-state index in [0.29, 0.717) is 49.5 Å². The Morgan fingerprint density at radius 3 is 2.42 bits per heavy atom. The minimum absolute atomic E-state index is 0. The number of halogens is 2. The highest BCUT2D eigenvalue weighted by Crippen LogP contribution is 2.26. The molecule has 0 aliphatic carbocycles. The van der Waals surface area contributed by atoms with E-state index in [-0.39, 0.29) is 29.8 Å². The number of ether oxygens (including phenoxy) is 1. The number of aromatic nitrogens is 2. The van der Waals surface area contributed by atoms with Crippen molar-refractivity contribution in [2.24, 2.45) is 11.1 Å². The Bertz CT molecular complexity index is 1380. The average molecular weight is 583 g/mol. The van der Waals surface area contributed by atoms with Crippen molar-refractivity contribution in [2.45, 2.75) is 38.8 Å². The number of benzene rings is 2. The Hall–Kier alpha value is -2.63. The lowest BCUT2D eigenvalue weighted by Crippen LogP contribution is -2.50. The first-order chi connectivity index (χ1) is 17.5. The molecular formula is C26H33Cl2N5O4S. The SMILES string of the molecule is Cc1cc(N2CCN(Cc3ccc(S(N)(=O)=O)cc3)CC2=O)nn1Cc1cc(Cl)ccc1OCC(C)C.Cl. The van der Waals surface area contributed by atoms with Gasteiger partial charge >= 0.3 is 0 Å². The number of hydrogen-bond donors (Lipinski definition) is 1. The lowest BCUT2D eigenvalue weighted by molar-refractivity contribution is -0.121. The summed E-state index contributed by atoms with van der Waals surface area (Å²) < 4.78 is 30.8. The summed E-state index contributed by atoms with van der Waals surface area (Å²) in [6.07, 6.45) is 0. The van der Waals surface area contributed by atoms with Gasteiger partial charge in [-0.05, 0) is 48.7 Å². The Morgan fingerprint density at radius 2 is 1.79 bits per heavy atom. The van der Waals surface area contributed by atoms with E-state index in [0.717, 1.165) is 22.6 Å². The molecule has 0 saturated carbocycles. The van der Waals surface area contributed by atoms with E-state index >= 15 is 0 Å². The van der Waals surface area contributed by atoms with Crippen molar-refractivity contribution in [3.05, 3.63) is 70.4 Å². The third-order valence-electron chi connectivity index (χ3n) is 6.12. The van der Waals surface area contributed by atoms with Gasteiger partial charge in [0.05, 0.1) is 24.6 Å². The number of aryl methyl sites for hydroxylation is 1. The number of amides is 1. The smallest absolute Gasteiger partial charge is 0.242 e. The standard InChI is InChI=1S/C26H32ClN5O4S.ClH/c1-18(2)17-36-24-9-6-22(27)13-21(24)15-32-19(3)12-25(29-32)31-11-10-30(16-26(31)33)14-20-4-7-23(8-5-20)37(28,34)35;/h4-9,12-13,18H,10-11,14-17H2,1-3H3,(H2,28,34,35);1H. The van der Waals surface area contributed by atoms with E-state index in [9.17, 15) is 13.2 Å². The number of carbonyl (C=O) groups is 1. The van der Waals surface area contributed by atoms with Gasteiger partial charge < -0.3 is 4.74 Å². The molecule has 0 unspecified atom stereocenters. The van der Waals surface area contributed by atoms with Gasteiger partial charge in [-0.25, -0.2) is 13.6 Å². The van der Waals surface area contributed by atoms with Gasteiger partial charge in [-0.15, -0.1) is 12.4 Å². The molecule has 1 saturated heterocycles. The Kier molecular flexibility index (Phi) is 9.83. The largest absolute Gasteiger partial charge is 0.493 e. The Labute approximate surface area is 235 Å². The molecule has 2 N–H and O–H groups in total. The number of rotatable bonds is 9. The second kappa shape index (κ2) is 12.5. The maximum Gasteiger partial charge on any atom is 0.242 e. The molecule has 1 fully saturated rings. The quantitative estimate of drug-likeness (QED) is 0.411. The van der Waals surface area contributed by atoms with Crippen LogP contribution in [0.1, 0.15) is 30.7 Å². The van der Waals surface area contributed by atoms with Crippen molar-refractivity contribution in [3.63, 3.8) is 0 Å². The van der Waals surface area contributed by atoms with Crippen LogP contribution < -0.4 is 14.8 Å². The number of carbonyl (C=O) groups excluding carboxylic acids is 1. The van der Waals surface area contributed by atoms with Gasteiger partial charge in [0.25, 0.3) is 0 Å². The first kappa shape index (κ1) is 29.9. The van der Waals surface area contributed by atoms with Crippen LogP contribution in [-0.2, 0) is 27.9 Å². The summed E-state index contributed by atoms with van der Waals surface area (Å²) in [5.74, 6) is 1.75. The molecule has 38 heavy (non-hydrogen) atoms. The highest BCUT2D eigenvalue weighted by Gasteiger charge is 2.27. The summed E-state index contributed by atoms with van der Waals surface area (Å²) in [4.78, 5) is 16.8. The van der Waals surface area contributed by atoms with Crippen LogP contribution in [0.3, 0.4) is 0 Å². The van der Waals surface area contributed by atoms with Crippen molar-refractivity contribution in [1.29, 1.82) is 0 Å². The molecule has 0 radical (unpaired) electrons. The molecule has 2 heterocycles. The van der Waals surface area contributed by atoms with Crippen molar-refractivity contribution >= 4 is 45.8 Å². The summed E-state index contributed by atoms with van der Waals surface area (Å²) >= 11 is 6.26. The number of hydrogen-bond acceptors (Lipinski definition) is 6. The van der Waals surface area contributed by atoms with E-state index in [4.69, 9.17) is 26.6 Å². The predicted molar refractivity (Wildman–Crippen MR) is 151 cm³/mol. The zero-order valence-electron chi connectivity index (χ0n) is 21.6. The summed E-state index contributed by atoms with van der Waals surface area (Å²) in [6, 6.07) is 13.9. The summed E-state index contributed by atoms with van der Waals surface area (Å²) in [5, 5.41) is 10.5. The van der Waals surface area contributed by atoms with E-state index in [1.807, 2.05) is 40.8 Å². The van der Waals surface area contributed by atoms with Gasteiger partial charge in [0.2, 0.25) is 15.9 Å². The molecule has 0 atom stereocenters. The zero-order chi connectivity index (χ0) is 26.7. The lowest BCUT2D eigenvalue weighted by Gasteiger charge is -2.33. The van der Waals surface area contributed by atoms with Gasteiger partial charge in [-0.3, -0.25) is 19.3 Å². The number of anilines is 1. The molecule has 0 bridgehead atoms. The van der Waals surface area contributed by atoms with Crippen molar-refractivity contribution in [3.8, 4) is 5.75 Å². The van der Waals surface area contributed by atoms with E-state index in [1.54, 1.807) is 17.0 Å². The number of piperazine rings is 1. The van der Waals surface area contributed by atoms with Crippen molar-refractivity contribution < 1.29 is 17.9 Å². The number of primary sulfonamides is 1. The number of nitrogens with zero attached hydrogens (tertiary/aromatic N) is 4. The second-order valence-electron chi connectivity index (χ2n) is 9.70. The molecule has 3 aromatic rings. The molecular weight excluding hydrogens is 549 g/mol. The Balaban J connectivity index is 0.00000400. The normalized spacial score (nSPS) is 14.6. The number of nitrogens with two attached hydrogens (primary N) is 1. The predicted octanol–water partition coefficient (Wildman–Crippen LogP) is 3.85. The highest BCUT2D eigenvalue weighted by atomic mass is 35.5. The topological polar surface area (TPSA) is 111 Å². The van der Waals surface area contributed by atoms with E-state index in [2.05, 4.69) is 13.8 Å². The molecule has 12 heteroatoms. The summed E-state index contributed by atoms with van der Waals surface area (Å²) in [7, 11) is -3.73. The summed E-state index contributed by atoms with van der Waals surface area (Å²) in [6.45, 7) is 9.18. The van der Waals surface area contributed by atoms with Crippen LogP contribution in [0, 0.1) is 12.8 Å². The van der Waals surface area contributed by atoms with E-state index < -0.39 is 10.0 Å². The van der Waals surface area contributed by atoms with Gasteiger partial charge in [0, 0.05) is 42.0 Å². The fourth-order valence-corrected chi connectivity index (χ4v) is 4.87. The van der Waals surface area contributed by atoms with Crippen LogP contribution in [0.25, 0.3) is 0 Å². The first-order valence-corrected chi connectivity index (χ1v) is 14.0. The molecule has 1 aliphatic rings. The molecule has 0 spiro atoms. The van der Waals surface area contributed by atoms with Gasteiger partial charge in [-0.1, -0.05) is 37.6 Å². The van der Waals surface area contributed by atoms with E-state index in [1.165, 1.54) is 12.1 Å². The lowest BCUT2D eigenvalue weighted by atomic mass is 10.2. The molecule has 2 aromatic carbocycles. The third kappa shape index (κ3) is 7.48. The Morgan fingerprint density at radius 1 is 1.08 bits per heavy atom. The zero-order valence-corrected chi connectivity index (χ0v) is 24.0. The molecule has 1 amide bonds. The molecule has 1 aromatic heterocycles. The molecule has 1 aliphatic heterocycles. The van der Waals surface area contributed by atoms with Crippen LogP contribution in [0.4, 0.5) is 5.82 Å². The van der Waals surface area contributed by atoms with Crippen LogP contribution in [0.5, 0.6) is 5.75 Å². The highest BCUT2D eigenvalue weighted by molar-refractivity contribution is 7.89. The second-order valence-corrected chi connectivity index (χ2v) is 11.7. The molecule has 4 rings (SSSR count). The molecule has 206 valence electrons. The monoisotopic (exact) mass is 581 g/mol. The fraction of sp³-hybridized carbons (Fsp3) is 0.385. The third-order valence-corrected chi connectivity index (χ3v) is 7.28. The fourth-order valence-electron chi connectivity index (χ4n) is 4.16. The van der Waals surface area contributed by atoms with Crippen LogP contribution in [0.15, 0.2) is 53.4 Å². The van der Waals surface area contributed by atoms with Gasteiger partial charge in [0.15, 0.2) is 5.82 Å². The minimum Gasteiger partial charge on any atom is -0.493 e. The van der Waals surface area contributed by atoms with Crippen LogP contribution >= 0.6 is 24.0 Å². The van der Waals surface area contributed by atoms with Gasteiger partial charge in [0.1, 0.15) is 5.75 Å². The molecule has 9 nitrogen and oxygen atoms in total. The maximum atomic E-state index is 13.0. The van der Waals surface area contributed by atoms with Crippen LogP contribution in [0.2, 0.25) is 5.02 Å².